The second-order valence-electron chi connectivity index (χ2n) is 7.78. The summed E-state index contributed by atoms with van der Waals surface area (Å²) >= 11 is 0. The lowest BCUT2D eigenvalue weighted by Crippen LogP contribution is -2.37. The maximum absolute atomic E-state index is 12.6. The molecule has 2 amide bonds. The molecule has 6 heteroatoms. The summed E-state index contributed by atoms with van der Waals surface area (Å²) in [6.45, 7) is 0.691. The van der Waals surface area contributed by atoms with Gasteiger partial charge in [-0.15, -0.1) is 0 Å². The van der Waals surface area contributed by atoms with E-state index in [1.807, 2.05) is 49.8 Å². The van der Waals surface area contributed by atoms with E-state index >= 15 is 0 Å². The number of likely N-dealkylation sites (tertiary alicyclic amines) is 1. The molecule has 1 atom stereocenters. The lowest BCUT2D eigenvalue weighted by Gasteiger charge is -2.20. The summed E-state index contributed by atoms with van der Waals surface area (Å²) in [7, 11) is 1.91. The minimum atomic E-state index is -0.158. The maximum Gasteiger partial charge on any atom is 0.243 e. The molecule has 1 N–H and O–H groups in total. The highest BCUT2D eigenvalue weighted by atomic mass is 16.2. The molecule has 1 aliphatic heterocycles. The molecule has 3 aromatic rings. The average Bonchev–Trinajstić information content (AvgIpc) is 3.11. The zero-order chi connectivity index (χ0) is 20.9. The predicted octanol–water partition coefficient (Wildman–Crippen LogP) is 3.82. The van der Waals surface area contributed by atoms with Gasteiger partial charge in [0.05, 0.1) is 12.7 Å². The van der Waals surface area contributed by atoms with Crippen molar-refractivity contribution in [2.45, 2.75) is 25.2 Å². The number of aryl methyl sites for hydroxylation is 1. The molecule has 0 saturated carbocycles. The van der Waals surface area contributed by atoms with Gasteiger partial charge in [0.1, 0.15) is 0 Å². The van der Waals surface area contributed by atoms with Gasteiger partial charge in [0, 0.05) is 37.5 Å². The molecule has 0 aliphatic carbocycles. The summed E-state index contributed by atoms with van der Waals surface area (Å²) in [5.41, 5.74) is 4.22. The van der Waals surface area contributed by atoms with Gasteiger partial charge >= 0.3 is 0 Å². The molecule has 4 rings (SSSR count). The number of benzene rings is 2. The van der Waals surface area contributed by atoms with Gasteiger partial charge in [-0.05, 0) is 42.0 Å². The van der Waals surface area contributed by atoms with E-state index in [2.05, 4.69) is 34.7 Å². The molecule has 0 spiro atoms. The molecule has 1 aromatic heterocycles. The highest BCUT2D eigenvalue weighted by Gasteiger charge is 2.25. The fourth-order valence-corrected chi connectivity index (χ4v) is 3.95. The van der Waals surface area contributed by atoms with E-state index in [1.54, 1.807) is 9.58 Å². The van der Waals surface area contributed by atoms with Gasteiger partial charge in [-0.25, -0.2) is 0 Å². The first-order valence-electron chi connectivity index (χ1n) is 10.3. The molecule has 1 fully saturated rings. The topological polar surface area (TPSA) is 67.2 Å². The average molecular weight is 402 g/mol. The van der Waals surface area contributed by atoms with Gasteiger partial charge in [-0.3, -0.25) is 14.3 Å². The van der Waals surface area contributed by atoms with Crippen molar-refractivity contribution in [1.29, 1.82) is 0 Å². The van der Waals surface area contributed by atoms with Crippen LogP contribution in [0.3, 0.4) is 0 Å². The molecular formula is C24H26N4O2. The standard InChI is InChI=1S/C24H26N4O2/c1-27-16-21(15-25-27)19-9-7-18(8-10-19)20-11-12-24(30)28(14-13-20)17-23(29)26-22-5-3-2-4-6-22/h2-10,15-16,20H,11-14,17H2,1H3,(H,26,29). The zero-order valence-electron chi connectivity index (χ0n) is 17.1. The van der Waals surface area contributed by atoms with E-state index < -0.39 is 0 Å². The Balaban J connectivity index is 1.36. The van der Waals surface area contributed by atoms with Crippen molar-refractivity contribution in [3.05, 3.63) is 72.6 Å². The van der Waals surface area contributed by atoms with Crippen molar-refractivity contribution in [3.8, 4) is 11.1 Å². The molecule has 2 aromatic carbocycles. The number of carbonyl (C=O) groups excluding carboxylic acids is 2. The molecule has 154 valence electrons. The van der Waals surface area contributed by atoms with Crippen LogP contribution in [-0.2, 0) is 16.6 Å². The number of para-hydroxylation sites is 1. The molecule has 1 saturated heterocycles. The number of amides is 2. The number of carbonyl (C=O) groups is 2. The fourth-order valence-electron chi connectivity index (χ4n) is 3.95. The van der Waals surface area contributed by atoms with Crippen molar-refractivity contribution in [1.82, 2.24) is 14.7 Å². The highest BCUT2D eigenvalue weighted by Crippen LogP contribution is 2.30. The van der Waals surface area contributed by atoms with E-state index in [0.717, 1.165) is 29.7 Å². The predicted molar refractivity (Wildman–Crippen MR) is 117 cm³/mol. The van der Waals surface area contributed by atoms with E-state index in [-0.39, 0.29) is 18.4 Å². The Hall–Kier alpha value is -3.41. The maximum atomic E-state index is 12.6. The molecule has 0 bridgehead atoms. The van der Waals surface area contributed by atoms with Crippen molar-refractivity contribution in [3.63, 3.8) is 0 Å². The van der Waals surface area contributed by atoms with Crippen LogP contribution in [0.4, 0.5) is 5.69 Å². The monoisotopic (exact) mass is 402 g/mol. The Morgan fingerprint density at radius 2 is 1.83 bits per heavy atom. The van der Waals surface area contributed by atoms with Gasteiger partial charge in [0.25, 0.3) is 0 Å². The first kappa shape index (κ1) is 19.9. The highest BCUT2D eigenvalue weighted by molar-refractivity contribution is 5.94. The van der Waals surface area contributed by atoms with E-state index in [4.69, 9.17) is 0 Å². The van der Waals surface area contributed by atoms with Gasteiger partial charge in [-0.2, -0.15) is 5.10 Å². The normalized spacial score (nSPS) is 16.9. The van der Waals surface area contributed by atoms with Gasteiger partial charge < -0.3 is 10.2 Å². The third-order valence-corrected chi connectivity index (χ3v) is 5.62. The first-order chi connectivity index (χ1) is 14.6. The van der Waals surface area contributed by atoms with Crippen LogP contribution >= 0.6 is 0 Å². The quantitative estimate of drug-likeness (QED) is 0.705. The molecule has 30 heavy (non-hydrogen) atoms. The second kappa shape index (κ2) is 8.95. The summed E-state index contributed by atoms with van der Waals surface area (Å²) in [5.74, 6) is 0.209. The Kier molecular flexibility index (Phi) is 5.93. The van der Waals surface area contributed by atoms with Crippen LogP contribution in [0, 0.1) is 0 Å². The van der Waals surface area contributed by atoms with Crippen LogP contribution in [0.15, 0.2) is 67.0 Å². The Labute approximate surface area is 176 Å². The minimum absolute atomic E-state index is 0.0488. The largest absolute Gasteiger partial charge is 0.333 e. The number of aromatic nitrogens is 2. The Morgan fingerprint density at radius 1 is 1.07 bits per heavy atom. The molecule has 0 radical (unpaired) electrons. The van der Waals surface area contributed by atoms with Crippen molar-refractivity contribution >= 4 is 17.5 Å². The van der Waals surface area contributed by atoms with Crippen LogP contribution in [0.1, 0.15) is 30.7 Å². The third kappa shape index (κ3) is 4.76. The van der Waals surface area contributed by atoms with Gasteiger partial charge in [-0.1, -0.05) is 42.5 Å². The SMILES string of the molecule is Cn1cc(-c2ccc(C3CCC(=O)N(CC(=O)Nc4ccccc4)CC3)cc2)cn1. The number of nitrogens with one attached hydrogen (secondary N) is 1. The van der Waals surface area contributed by atoms with Crippen LogP contribution < -0.4 is 5.32 Å². The smallest absolute Gasteiger partial charge is 0.243 e. The van der Waals surface area contributed by atoms with Crippen LogP contribution in [-0.4, -0.2) is 39.6 Å². The number of hydrogen-bond acceptors (Lipinski definition) is 3. The number of hydrogen-bond donors (Lipinski definition) is 1. The minimum Gasteiger partial charge on any atom is -0.333 e. The zero-order valence-corrected chi connectivity index (χ0v) is 17.1. The Morgan fingerprint density at radius 3 is 2.53 bits per heavy atom. The fraction of sp³-hybridized carbons (Fsp3) is 0.292. The number of anilines is 1. The van der Waals surface area contributed by atoms with Crippen LogP contribution in [0.25, 0.3) is 11.1 Å². The van der Waals surface area contributed by atoms with E-state index in [1.165, 1.54) is 5.56 Å². The van der Waals surface area contributed by atoms with Gasteiger partial charge in [0.2, 0.25) is 11.8 Å². The number of rotatable bonds is 5. The summed E-state index contributed by atoms with van der Waals surface area (Å²) < 4.78 is 1.79. The van der Waals surface area contributed by atoms with Crippen molar-refractivity contribution in [2.75, 3.05) is 18.4 Å². The summed E-state index contributed by atoms with van der Waals surface area (Å²) in [6.07, 6.45) is 5.99. The van der Waals surface area contributed by atoms with Gasteiger partial charge in [0.15, 0.2) is 0 Å². The van der Waals surface area contributed by atoms with Crippen LogP contribution in [0.5, 0.6) is 0 Å². The van der Waals surface area contributed by atoms with E-state index in [9.17, 15) is 9.59 Å². The molecular weight excluding hydrogens is 376 g/mol. The lowest BCUT2D eigenvalue weighted by atomic mass is 9.91. The molecule has 2 heterocycles. The molecule has 1 aliphatic rings. The molecule has 6 nitrogen and oxygen atoms in total. The molecule has 1 unspecified atom stereocenters. The lowest BCUT2D eigenvalue weighted by molar-refractivity contribution is -0.134. The second-order valence-corrected chi connectivity index (χ2v) is 7.78. The van der Waals surface area contributed by atoms with E-state index in [0.29, 0.717) is 18.9 Å². The first-order valence-corrected chi connectivity index (χ1v) is 10.3. The van der Waals surface area contributed by atoms with Crippen LogP contribution in [0.2, 0.25) is 0 Å². The third-order valence-electron chi connectivity index (χ3n) is 5.62. The summed E-state index contributed by atoms with van der Waals surface area (Å²) in [5, 5.41) is 7.08. The van der Waals surface area contributed by atoms with Crippen molar-refractivity contribution < 1.29 is 9.59 Å². The summed E-state index contributed by atoms with van der Waals surface area (Å²) in [6, 6.07) is 17.9. The summed E-state index contributed by atoms with van der Waals surface area (Å²) in [4.78, 5) is 26.6. The Bertz CT molecular complexity index is 1010. The number of nitrogens with zero attached hydrogens (tertiary/aromatic N) is 3. The van der Waals surface area contributed by atoms with Crippen molar-refractivity contribution in [2.24, 2.45) is 7.05 Å².